The molecule has 4 N–H and O–H groups in total. The lowest BCUT2D eigenvalue weighted by Crippen LogP contribution is -2.45. The summed E-state index contributed by atoms with van der Waals surface area (Å²) in [6, 6.07) is 17.4. The zero-order valence-corrected chi connectivity index (χ0v) is 28.1. The lowest BCUT2D eigenvalue weighted by molar-refractivity contribution is -0.136. The zero-order valence-electron chi connectivity index (χ0n) is 26.0. The maximum absolute atomic E-state index is 12.5. The SMILES string of the molecule is CCOc1cc(/C=N\N[C@@H](O)COc2ccc([C@@H]3NC(=O)NC(C)=C3C(=O)OC)cc2OCC)ccc1OCc1ccc(I)cc1. The first-order chi connectivity index (χ1) is 22.2. The molecule has 2 atom stereocenters. The average molecular weight is 745 g/mol. The van der Waals surface area contributed by atoms with Gasteiger partial charge in [-0.15, -0.1) is 0 Å². The first-order valence-electron chi connectivity index (χ1n) is 14.6. The lowest BCUT2D eigenvalue weighted by atomic mass is 9.95. The Morgan fingerprint density at radius 1 is 0.978 bits per heavy atom. The number of hydrogen-bond acceptors (Lipinski definition) is 10. The third kappa shape index (κ3) is 9.26. The van der Waals surface area contributed by atoms with Crippen LogP contribution in [0.3, 0.4) is 0 Å². The Hall–Kier alpha value is -4.50. The molecule has 0 aromatic heterocycles. The number of carbonyl (C=O) groups is 2. The molecule has 13 heteroatoms. The Morgan fingerprint density at radius 3 is 2.35 bits per heavy atom. The molecule has 4 rings (SSSR count). The Kier molecular flexibility index (Phi) is 12.5. The van der Waals surface area contributed by atoms with E-state index in [4.69, 9.17) is 23.7 Å². The van der Waals surface area contributed by atoms with Crippen molar-refractivity contribution in [2.45, 2.75) is 39.6 Å². The van der Waals surface area contributed by atoms with Crippen LogP contribution in [0.15, 0.2) is 77.0 Å². The van der Waals surface area contributed by atoms with Crippen LogP contribution >= 0.6 is 22.6 Å². The van der Waals surface area contributed by atoms with Crippen molar-refractivity contribution in [1.82, 2.24) is 16.1 Å². The second kappa shape index (κ2) is 16.7. The molecular formula is C33H37IN4O8. The number of ether oxygens (including phenoxy) is 5. The van der Waals surface area contributed by atoms with Crippen molar-refractivity contribution < 1.29 is 38.4 Å². The lowest BCUT2D eigenvalue weighted by Gasteiger charge is -2.28. The van der Waals surface area contributed by atoms with Crippen LogP contribution in [-0.2, 0) is 16.1 Å². The highest BCUT2D eigenvalue weighted by Crippen LogP contribution is 2.35. The van der Waals surface area contributed by atoms with Gasteiger partial charge in [0.1, 0.15) is 13.2 Å². The van der Waals surface area contributed by atoms with E-state index in [1.807, 2.05) is 56.3 Å². The van der Waals surface area contributed by atoms with E-state index in [0.717, 1.165) is 14.7 Å². The first kappa shape index (κ1) is 34.4. The molecule has 1 heterocycles. The highest BCUT2D eigenvalue weighted by Gasteiger charge is 2.32. The summed E-state index contributed by atoms with van der Waals surface area (Å²) in [5.41, 5.74) is 5.68. The summed E-state index contributed by atoms with van der Waals surface area (Å²) in [7, 11) is 1.28. The molecule has 244 valence electrons. The smallest absolute Gasteiger partial charge is 0.337 e. The summed E-state index contributed by atoms with van der Waals surface area (Å²) in [5, 5.41) is 20.0. The van der Waals surface area contributed by atoms with Crippen LogP contribution in [0.25, 0.3) is 0 Å². The molecule has 3 aromatic rings. The van der Waals surface area contributed by atoms with E-state index in [1.165, 1.54) is 7.11 Å². The number of hydrazone groups is 1. The molecule has 12 nitrogen and oxygen atoms in total. The number of carbonyl (C=O) groups excluding carboxylic acids is 2. The summed E-state index contributed by atoms with van der Waals surface area (Å²) in [4.78, 5) is 24.6. The van der Waals surface area contributed by atoms with Gasteiger partial charge >= 0.3 is 12.0 Å². The van der Waals surface area contributed by atoms with Crippen molar-refractivity contribution in [1.29, 1.82) is 0 Å². The number of amides is 2. The highest BCUT2D eigenvalue weighted by molar-refractivity contribution is 14.1. The van der Waals surface area contributed by atoms with Gasteiger partial charge in [-0.25, -0.2) is 9.59 Å². The van der Waals surface area contributed by atoms with Crippen LogP contribution in [0.4, 0.5) is 4.79 Å². The van der Waals surface area contributed by atoms with Crippen LogP contribution < -0.4 is 35.0 Å². The number of aliphatic hydroxyl groups excluding tert-OH is 1. The Labute approximate surface area is 281 Å². The topological polar surface area (TPSA) is 149 Å². The highest BCUT2D eigenvalue weighted by atomic mass is 127. The van der Waals surface area contributed by atoms with E-state index >= 15 is 0 Å². The number of nitrogens with one attached hydrogen (secondary N) is 3. The van der Waals surface area contributed by atoms with Gasteiger partial charge < -0.3 is 39.4 Å². The molecule has 1 aliphatic rings. The Balaban J connectivity index is 1.37. The number of nitrogens with zero attached hydrogens (tertiary/aromatic N) is 1. The average Bonchev–Trinajstić information content (AvgIpc) is 3.04. The van der Waals surface area contributed by atoms with E-state index in [2.05, 4.69) is 43.8 Å². The van der Waals surface area contributed by atoms with Gasteiger partial charge in [0.2, 0.25) is 0 Å². The van der Waals surface area contributed by atoms with Crippen molar-refractivity contribution in [3.8, 4) is 23.0 Å². The molecule has 0 unspecified atom stereocenters. The molecule has 0 saturated heterocycles. The standard InChI is InChI=1S/C33H37IN4O8/c1-5-43-27-15-22(9-13-25(27)45-18-21-7-11-24(34)12-8-21)17-35-38-29(39)19-46-26-14-10-23(16-28(26)44-6-2)31-30(32(40)42-4)20(3)36-33(41)37-31/h7-17,29,31,38-39H,5-6,18-19H2,1-4H3,(H2,36,37,41)/b35-17-/t29-,31-/m0/s1. The fourth-order valence-corrected chi connectivity index (χ4v) is 4.91. The van der Waals surface area contributed by atoms with Gasteiger partial charge in [0.05, 0.1) is 38.2 Å². The van der Waals surface area contributed by atoms with Crippen LogP contribution in [-0.4, -0.2) is 56.5 Å². The molecule has 0 bridgehead atoms. The van der Waals surface area contributed by atoms with Crippen molar-refractivity contribution in [2.75, 3.05) is 26.9 Å². The third-order valence-corrected chi connectivity index (χ3v) is 7.40. The number of allylic oxidation sites excluding steroid dienone is 1. The van der Waals surface area contributed by atoms with Gasteiger partial charge in [0.15, 0.2) is 29.2 Å². The minimum atomic E-state index is -1.14. The van der Waals surface area contributed by atoms with Crippen molar-refractivity contribution >= 4 is 40.8 Å². The van der Waals surface area contributed by atoms with Gasteiger partial charge in [0.25, 0.3) is 0 Å². The fraction of sp³-hybridized carbons (Fsp3) is 0.303. The van der Waals surface area contributed by atoms with Gasteiger partial charge in [-0.1, -0.05) is 18.2 Å². The summed E-state index contributed by atoms with van der Waals surface area (Å²) in [6.45, 7) is 6.40. The molecule has 46 heavy (non-hydrogen) atoms. The summed E-state index contributed by atoms with van der Waals surface area (Å²) >= 11 is 2.26. The minimum Gasteiger partial charge on any atom is -0.490 e. The Morgan fingerprint density at radius 2 is 1.65 bits per heavy atom. The number of hydrogen-bond donors (Lipinski definition) is 4. The zero-order chi connectivity index (χ0) is 33.1. The van der Waals surface area contributed by atoms with Crippen LogP contribution in [0.5, 0.6) is 23.0 Å². The van der Waals surface area contributed by atoms with Crippen molar-refractivity contribution in [3.05, 3.63) is 92.2 Å². The van der Waals surface area contributed by atoms with Crippen LogP contribution in [0.2, 0.25) is 0 Å². The maximum Gasteiger partial charge on any atom is 0.337 e. The monoisotopic (exact) mass is 744 g/mol. The van der Waals surface area contributed by atoms with Gasteiger partial charge in [-0.3, -0.25) is 5.43 Å². The molecule has 0 saturated carbocycles. The molecular weight excluding hydrogens is 707 g/mol. The van der Waals surface area contributed by atoms with Crippen molar-refractivity contribution in [3.63, 3.8) is 0 Å². The predicted octanol–water partition coefficient (Wildman–Crippen LogP) is 4.79. The summed E-state index contributed by atoms with van der Waals surface area (Å²) in [5.74, 6) is 1.36. The number of methoxy groups -OCH3 is 1. The Bertz CT molecular complexity index is 1580. The quantitative estimate of drug-likeness (QED) is 0.0567. The van der Waals surface area contributed by atoms with Gasteiger partial charge in [-0.2, -0.15) is 5.10 Å². The third-order valence-electron chi connectivity index (χ3n) is 6.68. The summed E-state index contributed by atoms with van der Waals surface area (Å²) in [6.07, 6.45) is 0.407. The van der Waals surface area contributed by atoms with Crippen LogP contribution in [0, 0.1) is 3.57 Å². The van der Waals surface area contributed by atoms with Gasteiger partial charge in [0, 0.05) is 9.27 Å². The largest absolute Gasteiger partial charge is 0.490 e. The fourth-order valence-electron chi connectivity index (χ4n) is 4.55. The van der Waals surface area contributed by atoms with Crippen molar-refractivity contribution in [2.24, 2.45) is 5.10 Å². The van der Waals surface area contributed by atoms with E-state index in [1.54, 1.807) is 31.3 Å². The van der Waals surface area contributed by atoms with E-state index in [9.17, 15) is 14.7 Å². The minimum absolute atomic E-state index is 0.150. The number of benzene rings is 3. The number of halogens is 1. The maximum atomic E-state index is 12.5. The van der Waals surface area contributed by atoms with E-state index in [0.29, 0.717) is 54.1 Å². The van der Waals surface area contributed by atoms with E-state index in [-0.39, 0.29) is 12.2 Å². The first-order valence-corrected chi connectivity index (χ1v) is 15.7. The number of rotatable bonds is 15. The second-order valence-corrected chi connectivity index (χ2v) is 11.2. The molecule has 0 spiro atoms. The second-order valence-electron chi connectivity index (χ2n) is 9.97. The van der Waals surface area contributed by atoms with Crippen LogP contribution in [0.1, 0.15) is 43.5 Å². The molecule has 0 radical (unpaired) electrons. The number of aliphatic hydroxyl groups is 1. The number of esters is 1. The van der Waals surface area contributed by atoms with E-state index < -0.39 is 24.3 Å². The molecule has 2 amide bonds. The molecule has 3 aromatic carbocycles. The number of urea groups is 1. The molecule has 0 aliphatic carbocycles. The molecule has 0 fully saturated rings. The summed E-state index contributed by atoms with van der Waals surface area (Å²) < 4.78 is 29.4. The normalized spacial score (nSPS) is 15.1. The molecule has 1 aliphatic heterocycles. The predicted molar refractivity (Wildman–Crippen MR) is 180 cm³/mol. The van der Waals surface area contributed by atoms with Gasteiger partial charge in [-0.05, 0) is 103 Å².